The molecule has 2 aromatic rings. The Kier molecular flexibility index (Phi) is 2.81. The molecule has 0 aliphatic carbocycles. The molecule has 1 aromatic heterocycles. The minimum atomic E-state index is -0.313. The van der Waals surface area contributed by atoms with E-state index in [0.717, 1.165) is 18.4 Å². The van der Waals surface area contributed by atoms with Gasteiger partial charge >= 0.3 is 0 Å². The zero-order valence-electron chi connectivity index (χ0n) is 9.57. The summed E-state index contributed by atoms with van der Waals surface area (Å²) in [5, 5.41) is 0. The maximum atomic E-state index is 13.5. The Hall–Kier alpha value is -1.58. The fraction of sp³-hybridized carbons (Fsp3) is 0.417. The first-order valence-corrected chi connectivity index (χ1v) is 5.57. The van der Waals surface area contributed by atoms with Gasteiger partial charge in [-0.25, -0.2) is 9.37 Å². The number of anilines is 1. The SMILES string of the molecule is CCCC(C)n1c(N)nc2c(F)cccc21. The number of aromatic nitrogens is 2. The van der Waals surface area contributed by atoms with E-state index in [1.165, 1.54) is 6.07 Å². The van der Waals surface area contributed by atoms with Gasteiger partial charge in [-0.2, -0.15) is 0 Å². The zero-order chi connectivity index (χ0) is 11.7. The van der Waals surface area contributed by atoms with Crippen LogP contribution in [0.5, 0.6) is 0 Å². The molecular formula is C12H16FN3. The van der Waals surface area contributed by atoms with Crippen molar-refractivity contribution >= 4 is 17.0 Å². The Morgan fingerprint density at radius 1 is 1.50 bits per heavy atom. The summed E-state index contributed by atoms with van der Waals surface area (Å²) >= 11 is 0. The van der Waals surface area contributed by atoms with E-state index < -0.39 is 0 Å². The first-order valence-electron chi connectivity index (χ1n) is 5.57. The molecule has 1 aromatic carbocycles. The van der Waals surface area contributed by atoms with Crippen molar-refractivity contribution in [3.05, 3.63) is 24.0 Å². The predicted molar refractivity (Wildman–Crippen MR) is 63.7 cm³/mol. The number of nitrogens with two attached hydrogens (primary N) is 1. The Bertz CT molecular complexity index is 504. The van der Waals surface area contributed by atoms with Crippen LogP contribution in [0.1, 0.15) is 32.7 Å². The van der Waals surface area contributed by atoms with Crippen molar-refractivity contribution in [1.82, 2.24) is 9.55 Å². The third-order valence-electron chi connectivity index (χ3n) is 2.85. The van der Waals surface area contributed by atoms with Crippen molar-refractivity contribution in [2.24, 2.45) is 0 Å². The van der Waals surface area contributed by atoms with Gasteiger partial charge in [0.1, 0.15) is 5.52 Å². The van der Waals surface area contributed by atoms with Crippen LogP contribution in [0.3, 0.4) is 0 Å². The number of rotatable bonds is 3. The van der Waals surface area contributed by atoms with Crippen LogP contribution < -0.4 is 5.73 Å². The first kappa shape index (κ1) is 10.9. The van der Waals surface area contributed by atoms with Gasteiger partial charge in [0.05, 0.1) is 5.52 Å². The van der Waals surface area contributed by atoms with Gasteiger partial charge < -0.3 is 10.3 Å². The third-order valence-corrected chi connectivity index (χ3v) is 2.85. The molecule has 0 spiro atoms. The van der Waals surface area contributed by atoms with E-state index in [4.69, 9.17) is 5.73 Å². The summed E-state index contributed by atoms with van der Waals surface area (Å²) in [6.45, 7) is 4.19. The Morgan fingerprint density at radius 2 is 2.25 bits per heavy atom. The molecule has 4 heteroatoms. The lowest BCUT2D eigenvalue weighted by molar-refractivity contribution is 0.518. The number of imidazole rings is 1. The largest absolute Gasteiger partial charge is 0.369 e. The molecule has 0 aliphatic heterocycles. The van der Waals surface area contributed by atoms with Crippen LogP contribution in [-0.4, -0.2) is 9.55 Å². The number of halogens is 1. The molecule has 0 saturated heterocycles. The van der Waals surface area contributed by atoms with E-state index in [-0.39, 0.29) is 11.9 Å². The topological polar surface area (TPSA) is 43.8 Å². The summed E-state index contributed by atoms with van der Waals surface area (Å²) in [6, 6.07) is 5.20. The van der Waals surface area contributed by atoms with Crippen molar-refractivity contribution in [2.45, 2.75) is 32.7 Å². The molecule has 86 valence electrons. The number of nitrogens with zero attached hydrogens (tertiary/aromatic N) is 2. The lowest BCUT2D eigenvalue weighted by atomic mass is 10.2. The summed E-state index contributed by atoms with van der Waals surface area (Å²) in [4.78, 5) is 4.08. The minimum absolute atomic E-state index is 0.247. The molecule has 0 aliphatic rings. The Morgan fingerprint density at radius 3 is 2.94 bits per heavy atom. The molecule has 1 heterocycles. The minimum Gasteiger partial charge on any atom is -0.369 e. The monoisotopic (exact) mass is 221 g/mol. The van der Waals surface area contributed by atoms with Gasteiger partial charge in [-0.1, -0.05) is 19.4 Å². The van der Waals surface area contributed by atoms with Crippen molar-refractivity contribution in [3.8, 4) is 0 Å². The number of fused-ring (bicyclic) bond motifs is 1. The summed E-state index contributed by atoms with van der Waals surface area (Å²) in [6.07, 6.45) is 2.07. The quantitative estimate of drug-likeness (QED) is 0.865. The predicted octanol–water partition coefficient (Wildman–Crippen LogP) is 3.12. The van der Waals surface area contributed by atoms with Crippen molar-refractivity contribution in [3.63, 3.8) is 0 Å². The van der Waals surface area contributed by atoms with Crippen LogP contribution in [0.4, 0.5) is 10.3 Å². The fourth-order valence-corrected chi connectivity index (χ4v) is 2.11. The average molecular weight is 221 g/mol. The van der Waals surface area contributed by atoms with Gasteiger partial charge in [0.25, 0.3) is 0 Å². The third kappa shape index (κ3) is 1.64. The van der Waals surface area contributed by atoms with Crippen LogP contribution in [0.15, 0.2) is 18.2 Å². The fourth-order valence-electron chi connectivity index (χ4n) is 2.11. The van der Waals surface area contributed by atoms with Gasteiger partial charge in [-0.3, -0.25) is 0 Å². The molecule has 3 nitrogen and oxygen atoms in total. The summed E-state index contributed by atoms with van der Waals surface area (Å²) in [5.41, 5.74) is 6.98. The molecule has 16 heavy (non-hydrogen) atoms. The summed E-state index contributed by atoms with van der Waals surface area (Å²) < 4.78 is 15.4. The van der Waals surface area contributed by atoms with E-state index in [2.05, 4.69) is 18.8 Å². The first-order chi connectivity index (χ1) is 7.65. The van der Waals surface area contributed by atoms with Gasteiger partial charge in [0.15, 0.2) is 5.82 Å². The highest BCUT2D eigenvalue weighted by atomic mass is 19.1. The highest BCUT2D eigenvalue weighted by molar-refractivity contribution is 5.79. The standard InChI is InChI=1S/C12H16FN3/c1-3-5-8(2)16-10-7-4-6-9(13)11(10)15-12(16)14/h4,6-8H,3,5H2,1-2H3,(H2,14,15). The number of para-hydroxylation sites is 1. The highest BCUT2D eigenvalue weighted by Crippen LogP contribution is 2.26. The zero-order valence-corrected chi connectivity index (χ0v) is 9.57. The number of nitrogen functional groups attached to an aromatic ring is 1. The molecule has 2 N–H and O–H groups in total. The van der Waals surface area contributed by atoms with Crippen LogP contribution in [0.25, 0.3) is 11.0 Å². The average Bonchev–Trinajstić information content (AvgIpc) is 2.56. The molecular weight excluding hydrogens is 205 g/mol. The maximum absolute atomic E-state index is 13.5. The summed E-state index contributed by atoms with van der Waals surface area (Å²) in [5.74, 6) is 0.0766. The van der Waals surface area contributed by atoms with Crippen molar-refractivity contribution in [2.75, 3.05) is 5.73 Å². The van der Waals surface area contributed by atoms with E-state index in [9.17, 15) is 4.39 Å². The Balaban J connectivity index is 2.60. The molecule has 1 unspecified atom stereocenters. The van der Waals surface area contributed by atoms with Gasteiger partial charge in [-0.15, -0.1) is 0 Å². The maximum Gasteiger partial charge on any atom is 0.201 e. The molecule has 0 fully saturated rings. The molecule has 1 atom stereocenters. The molecule has 0 amide bonds. The van der Waals surface area contributed by atoms with Gasteiger partial charge in [0.2, 0.25) is 5.95 Å². The molecule has 0 radical (unpaired) electrons. The van der Waals surface area contributed by atoms with Crippen LogP contribution >= 0.6 is 0 Å². The normalized spacial score (nSPS) is 13.2. The van der Waals surface area contributed by atoms with E-state index in [0.29, 0.717) is 11.5 Å². The highest BCUT2D eigenvalue weighted by Gasteiger charge is 2.15. The second-order valence-electron chi connectivity index (χ2n) is 4.09. The molecule has 0 bridgehead atoms. The van der Waals surface area contributed by atoms with Crippen LogP contribution in [0.2, 0.25) is 0 Å². The van der Waals surface area contributed by atoms with E-state index in [1.54, 1.807) is 6.07 Å². The summed E-state index contributed by atoms with van der Waals surface area (Å²) in [7, 11) is 0. The second kappa shape index (κ2) is 4.12. The van der Waals surface area contributed by atoms with Gasteiger partial charge in [0, 0.05) is 6.04 Å². The molecule has 0 saturated carbocycles. The van der Waals surface area contributed by atoms with E-state index in [1.807, 2.05) is 10.6 Å². The van der Waals surface area contributed by atoms with Crippen molar-refractivity contribution in [1.29, 1.82) is 0 Å². The lowest BCUT2D eigenvalue weighted by Gasteiger charge is -2.14. The molecule has 2 rings (SSSR count). The number of hydrogen-bond donors (Lipinski definition) is 1. The second-order valence-corrected chi connectivity index (χ2v) is 4.09. The van der Waals surface area contributed by atoms with Crippen LogP contribution in [0, 0.1) is 5.82 Å². The number of benzene rings is 1. The lowest BCUT2D eigenvalue weighted by Crippen LogP contribution is -2.08. The van der Waals surface area contributed by atoms with E-state index >= 15 is 0 Å². The number of hydrogen-bond acceptors (Lipinski definition) is 2. The Labute approximate surface area is 94.1 Å². The van der Waals surface area contributed by atoms with Gasteiger partial charge in [-0.05, 0) is 25.5 Å². The van der Waals surface area contributed by atoms with Crippen molar-refractivity contribution < 1.29 is 4.39 Å². The van der Waals surface area contributed by atoms with Crippen LogP contribution in [-0.2, 0) is 0 Å². The smallest absolute Gasteiger partial charge is 0.201 e.